The van der Waals surface area contributed by atoms with Crippen LogP contribution in [0, 0.1) is 0 Å². The van der Waals surface area contributed by atoms with E-state index >= 15 is 0 Å². The molecule has 0 N–H and O–H groups in total. The molecule has 1 aliphatic rings. The standard InChI is InChI=1S/C21H18F3N3O3/c22-21(23,24)30-17-5-2-15(3-6-17)16-4-7-19-18(14-16)20(28)26(12-13-29-19)10-11-27-9-1-8-25-27/h1-9,14H,10-13H2. The number of halogens is 3. The lowest BCUT2D eigenvalue weighted by molar-refractivity contribution is -0.274. The van der Waals surface area contributed by atoms with Gasteiger partial charge in [-0.1, -0.05) is 18.2 Å². The zero-order valence-corrected chi connectivity index (χ0v) is 15.8. The fraction of sp³-hybridized carbons (Fsp3) is 0.238. The highest BCUT2D eigenvalue weighted by molar-refractivity contribution is 5.98. The number of nitrogens with zero attached hydrogens (tertiary/aromatic N) is 3. The Kier molecular flexibility index (Phi) is 5.35. The first-order valence-corrected chi connectivity index (χ1v) is 9.29. The first kappa shape index (κ1) is 19.8. The molecule has 0 saturated carbocycles. The second-order valence-electron chi connectivity index (χ2n) is 6.69. The summed E-state index contributed by atoms with van der Waals surface area (Å²) in [5.74, 6) is 0.0288. The lowest BCUT2D eigenvalue weighted by Gasteiger charge is -2.20. The summed E-state index contributed by atoms with van der Waals surface area (Å²) in [5, 5.41) is 4.14. The molecule has 0 bridgehead atoms. The topological polar surface area (TPSA) is 56.6 Å². The van der Waals surface area contributed by atoms with E-state index in [2.05, 4.69) is 9.84 Å². The highest BCUT2D eigenvalue weighted by atomic mass is 19.4. The highest BCUT2D eigenvalue weighted by Crippen LogP contribution is 2.31. The molecule has 1 amide bonds. The molecule has 6 nitrogen and oxygen atoms in total. The number of aromatic nitrogens is 2. The van der Waals surface area contributed by atoms with Crippen LogP contribution in [0.3, 0.4) is 0 Å². The Bertz CT molecular complexity index is 1020. The van der Waals surface area contributed by atoms with E-state index in [4.69, 9.17) is 4.74 Å². The van der Waals surface area contributed by atoms with Crippen LogP contribution in [0.1, 0.15) is 10.4 Å². The van der Waals surface area contributed by atoms with E-state index < -0.39 is 6.36 Å². The largest absolute Gasteiger partial charge is 0.573 e. The molecule has 0 fully saturated rings. The van der Waals surface area contributed by atoms with Crippen molar-refractivity contribution in [1.29, 1.82) is 0 Å². The number of hydrogen-bond acceptors (Lipinski definition) is 4. The monoisotopic (exact) mass is 417 g/mol. The third-order valence-corrected chi connectivity index (χ3v) is 4.70. The molecule has 2 heterocycles. The summed E-state index contributed by atoms with van der Waals surface area (Å²) < 4.78 is 48.4. The van der Waals surface area contributed by atoms with Gasteiger partial charge in [0.05, 0.1) is 18.7 Å². The van der Waals surface area contributed by atoms with E-state index in [-0.39, 0.29) is 11.7 Å². The Balaban J connectivity index is 1.54. The SMILES string of the molecule is O=C1c2cc(-c3ccc(OC(F)(F)F)cc3)ccc2OCCN1CCn1cccn1. The van der Waals surface area contributed by atoms with Crippen LogP contribution in [0.2, 0.25) is 0 Å². The fourth-order valence-corrected chi connectivity index (χ4v) is 3.26. The van der Waals surface area contributed by atoms with Crippen molar-refractivity contribution >= 4 is 5.91 Å². The fourth-order valence-electron chi connectivity index (χ4n) is 3.26. The van der Waals surface area contributed by atoms with Gasteiger partial charge in [-0.25, -0.2) is 0 Å². The molecule has 4 rings (SSSR count). The number of hydrogen-bond donors (Lipinski definition) is 0. The number of carbonyl (C=O) groups is 1. The van der Waals surface area contributed by atoms with Gasteiger partial charge in [0.2, 0.25) is 0 Å². The van der Waals surface area contributed by atoms with Gasteiger partial charge in [-0.15, -0.1) is 13.2 Å². The second-order valence-corrected chi connectivity index (χ2v) is 6.69. The van der Waals surface area contributed by atoms with Gasteiger partial charge in [0.25, 0.3) is 5.91 Å². The zero-order chi connectivity index (χ0) is 21.1. The van der Waals surface area contributed by atoms with Crippen molar-refractivity contribution in [2.24, 2.45) is 0 Å². The average molecular weight is 417 g/mol. The molecule has 0 saturated heterocycles. The lowest BCUT2D eigenvalue weighted by Crippen LogP contribution is -2.35. The molecule has 156 valence electrons. The highest BCUT2D eigenvalue weighted by Gasteiger charge is 2.31. The van der Waals surface area contributed by atoms with Crippen molar-refractivity contribution in [3.8, 4) is 22.6 Å². The van der Waals surface area contributed by atoms with Gasteiger partial charge in [-0.2, -0.15) is 5.10 Å². The summed E-state index contributed by atoms with van der Waals surface area (Å²) in [6, 6.07) is 12.5. The Morgan fingerprint density at radius 2 is 1.83 bits per heavy atom. The summed E-state index contributed by atoms with van der Waals surface area (Å²) in [6.45, 7) is 1.87. The van der Waals surface area contributed by atoms with Crippen molar-refractivity contribution in [1.82, 2.24) is 14.7 Å². The second kappa shape index (κ2) is 8.10. The number of ether oxygens (including phenoxy) is 2. The molecule has 0 aliphatic carbocycles. The molecular formula is C21H18F3N3O3. The van der Waals surface area contributed by atoms with E-state index in [1.807, 2.05) is 12.3 Å². The van der Waals surface area contributed by atoms with Crippen molar-refractivity contribution in [3.05, 3.63) is 66.5 Å². The quantitative estimate of drug-likeness (QED) is 0.630. The number of benzene rings is 2. The molecule has 0 atom stereocenters. The van der Waals surface area contributed by atoms with Gasteiger partial charge in [-0.05, 0) is 41.5 Å². The average Bonchev–Trinajstić information content (AvgIpc) is 3.18. The third kappa shape index (κ3) is 4.56. The van der Waals surface area contributed by atoms with Crippen molar-refractivity contribution in [3.63, 3.8) is 0 Å². The zero-order valence-electron chi connectivity index (χ0n) is 15.8. The minimum absolute atomic E-state index is 0.159. The normalized spacial score (nSPS) is 14.1. The van der Waals surface area contributed by atoms with Crippen molar-refractivity contribution in [2.45, 2.75) is 12.9 Å². The third-order valence-electron chi connectivity index (χ3n) is 4.70. The summed E-state index contributed by atoms with van der Waals surface area (Å²) in [4.78, 5) is 14.8. The summed E-state index contributed by atoms with van der Waals surface area (Å²) in [6.07, 6.45) is -1.23. The van der Waals surface area contributed by atoms with E-state index in [0.717, 1.165) is 0 Å². The van der Waals surface area contributed by atoms with E-state index in [9.17, 15) is 18.0 Å². The van der Waals surface area contributed by atoms with Crippen molar-refractivity contribution < 1.29 is 27.4 Å². The summed E-state index contributed by atoms with van der Waals surface area (Å²) >= 11 is 0. The molecule has 0 radical (unpaired) electrons. The molecular weight excluding hydrogens is 399 g/mol. The Morgan fingerprint density at radius 1 is 1.07 bits per heavy atom. The van der Waals surface area contributed by atoms with Crippen molar-refractivity contribution in [2.75, 3.05) is 19.7 Å². The molecule has 3 aromatic rings. The minimum atomic E-state index is -4.74. The van der Waals surface area contributed by atoms with Gasteiger partial charge >= 0.3 is 6.36 Å². The van der Waals surface area contributed by atoms with Gasteiger partial charge in [0.1, 0.15) is 18.1 Å². The molecule has 0 unspecified atom stereocenters. The maximum atomic E-state index is 13.1. The van der Waals surface area contributed by atoms with Crippen LogP contribution in [0.15, 0.2) is 60.9 Å². The maximum absolute atomic E-state index is 13.1. The molecule has 1 aliphatic heterocycles. The number of fused-ring (bicyclic) bond motifs is 1. The molecule has 0 spiro atoms. The van der Waals surface area contributed by atoms with Crippen LogP contribution in [0.25, 0.3) is 11.1 Å². The lowest BCUT2D eigenvalue weighted by atomic mass is 10.0. The Hall–Kier alpha value is -3.49. The van der Waals surface area contributed by atoms with E-state index in [1.165, 1.54) is 24.3 Å². The number of alkyl halides is 3. The summed E-state index contributed by atoms with van der Waals surface area (Å²) in [7, 11) is 0. The number of rotatable bonds is 5. The predicted molar refractivity (Wildman–Crippen MR) is 102 cm³/mol. The van der Waals surface area contributed by atoms with Crippen LogP contribution in [-0.4, -0.2) is 46.6 Å². The smallest absolute Gasteiger partial charge is 0.491 e. The van der Waals surface area contributed by atoms with Gasteiger partial charge in [0, 0.05) is 18.9 Å². The molecule has 2 aromatic carbocycles. The van der Waals surface area contributed by atoms with Gasteiger partial charge < -0.3 is 14.4 Å². The Morgan fingerprint density at radius 3 is 2.53 bits per heavy atom. The molecule has 9 heteroatoms. The predicted octanol–water partition coefficient (Wildman–Crippen LogP) is 3.98. The Labute approximate surface area is 170 Å². The van der Waals surface area contributed by atoms with Crippen LogP contribution >= 0.6 is 0 Å². The van der Waals surface area contributed by atoms with Gasteiger partial charge in [0.15, 0.2) is 0 Å². The van der Waals surface area contributed by atoms with Crippen LogP contribution in [0.5, 0.6) is 11.5 Å². The maximum Gasteiger partial charge on any atom is 0.573 e. The molecule has 30 heavy (non-hydrogen) atoms. The first-order valence-electron chi connectivity index (χ1n) is 9.29. The van der Waals surface area contributed by atoms with E-state index in [0.29, 0.717) is 48.7 Å². The number of carbonyl (C=O) groups excluding carboxylic acids is 1. The first-order chi connectivity index (χ1) is 14.4. The van der Waals surface area contributed by atoms with Gasteiger partial charge in [-0.3, -0.25) is 9.48 Å². The number of amides is 1. The molecule has 1 aromatic heterocycles. The minimum Gasteiger partial charge on any atom is -0.491 e. The van der Waals surface area contributed by atoms with Crippen LogP contribution in [0.4, 0.5) is 13.2 Å². The van der Waals surface area contributed by atoms with Crippen LogP contribution in [-0.2, 0) is 6.54 Å². The van der Waals surface area contributed by atoms with E-state index in [1.54, 1.807) is 34.0 Å². The summed E-state index contributed by atoms with van der Waals surface area (Å²) in [5.41, 5.74) is 1.77. The van der Waals surface area contributed by atoms with Crippen LogP contribution < -0.4 is 9.47 Å².